The number of carbonyl (C=O) groups excluding carboxylic acids is 2. The van der Waals surface area contributed by atoms with Crippen molar-refractivity contribution in [2.75, 3.05) is 6.61 Å². The molecule has 0 aliphatic rings. The van der Waals surface area contributed by atoms with E-state index in [0.717, 1.165) is 16.5 Å². The normalized spacial score (nSPS) is 11.8. The Bertz CT molecular complexity index is 1070. The summed E-state index contributed by atoms with van der Waals surface area (Å²) in [5.41, 5.74) is 1.44. The number of hydrogen-bond donors (Lipinski definition) is 1. The number of carbonyl (C=O) groups is 2. The summed E-state index contributed by atoms with van der Waals surface area (Å²) in [7, 11) is 0. The summed E-state index contributed by atoms with van der Waals surface area (Å²) < 4.78 is 10.7. The van der Waals surface area contributed by atoms with Crippen LogP contribution in [0.5, 0.6) is 5.75 Å². The summed E-state index contributed by atoms with van der Waals surface area (Å²) in [6, 6.07) is 14.7. The lowest BCUT2D eigenvalue weighted by molar-refractivity contribution is -0.308. The SMILES string of the molecule is CCC[C@H](NC(=O)COc1ccc2c(-c3ccccc3)cc(=O)oc2c1)C(=O)[O-]. The number of fused-ring (bicyclic) bond motifs is 1. The minimum atomic E-state index is -1.33. The zero-order valence-corrected chi connectivity index (χ0v) is 15.8. The van der Waals surface area contributed by atoms with Crippen molar-refractivity contribution in [2.24, 2.45) is 0 Å². The maximum absolute atomic E-state index is 12.0. The van der Waals surface area contributed by atoms with Crippen LogP contribution in [0.2, 0.25) is 0 Å². The number of hydrogen-bond acceptors (Lipinski definition) is 6. The topological polar surface area (TPSA) is 109 Å². The number of carboxylic acid groups (broad SMARTS) is 1. The molecule has 1 heterocycles. The molecule has 0 aliphatic carbocycles. The molecule has 7 nitrogen and oxygen atoms in total. The molecule has 3 rings (SSSR count). The lowest BCUT2D eigenvalue weighted by Crippen LogP contribution is -2.49. The monoisotopic (exact) mass is 394 g/mol. The van der Waals surface area contributed by atoms with E-state index in [4.69, 9.17) is 9.15 Å². The van der Waals surface area contributed by atoms with Crippen LogP contribution in [0.25, 0.3) is 22.1 Å². The Labute approximate surface area is 166 Å². The van der Waals surface area contributed by atoms with E-state index < -0.39 is 23.5 Å². The lowest BCUT2D eigenvalue weighted by atomic mass is 10.0. The summed E-state index contributed by atoms with van der Waals surface area (Å²) in [6.07, 6.45) is 0.866. The van der Waals surface area contributed by atoms with Crippen LogP contribution in [-0.4, -0.2) is 24.5 Å². The van der Waals surface area contributed by atoms with Crippen molar-refractivity contribution in [1.29, 1.82) is 0 Å². The number of aliphatic carboxylic acids is 1. The van der Waals surface area contributed by atoms with Crippen molar-refractivity contribution >= 4 is 22.8 Å². The maximum Gasteiger partial charge on any atom is 0.336 e. The van der Waals surface area contributed by atoms with E-state index in [1.165, 1.54) is 12.1 Å². The van der Waals surface area contributed by atoms with Crippen molar-refractivity contribution in [3.05, 3.63) is 65.0 Å². The van der Waals surface area contributed by atoms with Gasteiger partial charge in [0.05, 0.1) is 12.0 Å². The summed E-state index contributed by atoms with van der Waals surface area (Å²) in [6.45, 7) is 1.44. The van der Waals surface area contributed by atoms with Crippen molar-refractivity contribution in [3.63, 3.8) is 0 Å². The third kappa shape index (κ3) is 5.01. The van der Waals surface area contributed by atoms with Gasteiger partial charge >= 0.3 is 5.63 Å². The molecule has 0 saturated heterocycles. The highest BCUT2D eigenvalue weighted by molar-refractivity contribution is 5.93. The third-order valence-electron chi connectivity index (χ3n) is 4.37. The number of amides is 1. The molecule has 0 bridgehead atoms. The second-order valence-electron chi connectivity index (χ2n) is 6.52. The minimum Gasteiger partial charge on any atom is -0.548 e. The number of rotatable bonds is 8. The molecule has 150 valence electrons. The van der Waals surface area contributed by atoms with Crippen molar-refractivity contribution in [2.45, 2.75) is 25.8 Å². The third-order valence-corrected chi connectivity index (χ3v) is 4.37. The van der Waals surface area contributed by atoms with E-state index in [1.807, 2.05) is 37.3 Å². The lowest BCUT2D eigenvalue weighted by Gasteiger charge is -2.19. The van der Waals surface area contributed by atoms with Gasteiger partial charge in [-0.3, -0.25) is 4.79 Å². The molecule has 7 heteroatoms. The Morgan fingerprint density at radius 3 is 2.59 bits per heavy atom. The van der Waals surface area contributed by atoms with Gasteiger partial charge in [0.1, 0.15) is 11.3 Å². The molecule has 1 amide bonds. The molecule has 1 N–H and O–H groups in total. The zero-order chi connectivity index (χ0) is 20.8. The smallest absolute Gasteiger partial charge is 0.336 e. The van der Waals surface area contributed by atoms with Crippen LogP contribution in [0.4, 0.5) is 0 Å². The standard InChI is InChI=1S/C22H21NO6/c1-2-6-18(22(26)27)23-20(24)13-28-15-9-10-16-17(14-7-4-3-5-8-14)12-21(25)29-19(16)11-15/h3-5,7-12,18H,2,6,13H2,1H3,(H,23,24)(H,26,27)/p-1/t18-/m0/s1. The van der Waals surface area contributed by atoms with E-state index in [1.54, 1.807) is 12.1 Å². The van der Waals surface area contributed by atoms with Gasteiger partial charge < -0.3 is 24.4 Å². The van der Waals surface area contributed by atoms with Crippen LogP contribution in [0.1, 0.15) is 19.8 Å². The van der Waals surface area contributed by atoms with E-state index >= 15 is 0 Å². The molecule has 0 fully saturated rings. The van der Waals surface area contributed by atoms with Gasteiger partial charge in [0.2, 0.25) is 0 Å². The highest BCUT2D eigenvalue weighted by Crippen LogP contribution is 2.29. The average Bonchev–Trinajstić information content (AvgIpc) is 2.71. The summed E-state index contributed by atoms with van der Waals surface area (Å²) in [4.78, 5) is 34.9. The van der Waals surface area contributed by atoms with Crippen LogP contribution >= 0.6 is 0 Å². The van der Waals surface area contributed by atoms with E-state index in [9.17, 15) is 19.5 Å². The molecule has 3 aromatic rings. The first kappa shape index (κ1) is 20.1. The van der Waals surface area contributed by atoms with Crippen LogP contribution < -0.4 is 20.8 Å². The number of carboxylic acids is 1. The van der Waals surface area contributed by atoms with Crippen LogP contribution in [0.15, 0.2) is 63.8 Å². The van der Waals surface area contributed by atoms with Gasteiger partial charge in [0, 0.05) is 17.5 Å². The Kier molecular flexibility index (Phi) is 6.29. The quantitative estimate of drug-likeness (QED) is 0.584. The van der Waals surface area contributed by atoms with Gasteiger partial charge in [-0.05, 0) is 29.7 Å². The Morgan fingerprint density at radius 1 is 1.14 bits per heavy atom. The molecule has 0 aliphatic heterocycles. The molecule has 0 radical (unpaired) electrons. The molecule has 0 unspecified atom stereocenters. The number of ether oxygens (including phenoxy) is 1. The van der Waals surface area contributed by atoms with E-state index in [0.29, 0.717) is 17.8 Å². The first-order valence-corrected chi connectivity index (χ1v) is 9.24. The molecule has 0 saturated carbocycles. The van der Waals surface area contributed by atoms with Crippen LogP contribution in [0, 0.1) is 0 Å². The number of benzene rings is 2. The second-order valence-corrected chi connectivity index (χ2v) is 6.52. The fourth-order valence-electron chi connectivity index (χ4n) is 3.01. The average molecular weight is 394 g/mol. The Balaban J connectivity index is 1.77. The van der Waals surface area contributed by atoms with Gasteiger partial charge in [-0.15, -0.1) is 0 Å². The minimum absolute atomic E-state index is 0.275. The first-order valence-electron chi connectivity index (χ1n) is 9.24. The second kappa shape index (κ2) is 9.05. The highest BCUT2D eigenvalue weighted by Gasteiger charge is 2.14. The van der Waals surface area contributed by atoms with Gasteiger partial charge in [0.25, 0.3) is 5.91 Å². The van der Waals surface area contributed by atoms with Crippen molar-refractivity contribution in [1.82, 2.24) is 5.32 Å². The largest absolute Gasteiger partial charge is 0.548 e. The van der Waals surface area contributed by atoms with Crippen molar-refractivity contribution in [3.8, 4) is 16.9 Å². The molecule has 29 heavy (non-hydrogen) atoms. The highest BCUT2D eigenvalue weighted by atomic mass is 16.5. The Morgan fingerprint density at radius 2 is 1.90 bits per heavy atom. The van der Waals surface area contributed by atoms with E-state index in [-0.39, 0.29) is 13.0 Å². The predicted octanol–water partition coefficient (Wildman–Crippen LogP) is 1.87. The summed E-state index contributed by atoms with van der Waals surface area (Å²) >= 11 is 0. The Hall–Kier alpha value is -3.61. The van der Waals surface area contributed by atoms with Gasteiger partial charge in [-0.25, -0.2) is 4.79 Å². The molecule has 1 aromatic heterocycles. The van der Waals surface area contributed by atoms with Gasteiger partial charge in [0.15, 0.2) is 6.61 Å². The van der Waals surface area contributed by atoms with Gasteiger partial charge in [-0.2, -0.15) is 0 Å². The molecule has 1 atom stereocenters. The number of nitrogens with one attached hydrogen (secondary N) is 1. The van der Waals surface area contributed by atoms with Crippen LogP contribution in [-0.2, 0) is 9.59 Å². The summed E-state index contributed by atoms with van der Waals surface area (Å²) in [5, 5.41) is 14.1. The molecule has 2 aromatic carbocycles. The first-order chi connectivity index (χ1) is 14.0. The van der Waals surface area contributed by atoms with E-state index in [2.05, 4.69) is 5.32 Å². The predicted molar refractivity (Wildman–Crippen MR) is 105 cm³/mol. The fraction of sp³-hybridized carbons (Fsp3) is 0.227. The molecular weight excluding hydrogens is 374 g/mol. The van der Waals surface area contributed by atoms with Crippen LogP contribution in [0.3, 0.4) is 0 Å². The van der Waals surface area contributed by atoms with Gasteiger partial charge in [-0.1, -0.05) is 43.7 Å². The summed E-state index contributed by atoms with van der Waals surface area (Å²) in [5.74, 6) is -1.59. The molecule has 0 spiro atoms. The molecular formula is C22H20NO6-. The van der Waals surface area contributed by atoms with Crippen molar-refractivity contribution < 1.29 is 23.8 Å². The zero-order valence-electron chi connectivity index (χ0n) is 15.8. The maximum atomic E-state index is 12.0. The fourth-order valence-corrected chi connectivity index (χ4v) is 3.01.